The largest absolute Gasteiger partial charge is 0.479 e. The number of halogens is 4. The second-order valence-electron chi connectivity index (χ2n) is 4.95. The number of hydrogen-bond donors (Lipinski definition) is 1. The number of rotatable bonds is 6. The summed E-state index contributed by atoms with van der Waals surface area (Å²) in [7, 11) is 1.22. The third-order valence-electron chi connectivity index (χ3n) is 3.29. The van der Waals surface area contributed by atoms with Crippen LogP contribution in [0.15, 0.2) is 36.5 Å². The zero-order chi connectivity index (χ0) is 18.6. The number of nitrogens with zero attached hydrogens (tertiary/aromatic N) is 1. The average Bonchev–Trinajstić information content (AvgIpc) is 2.54. The van der Waals surface area contributed by atoms with Gasteiger partial charge < -0.3 is 14.6 Å². The molecule has 0 saturated heterocycles. The molecule has 1 unspecified atom stereocenters. The Labute approximate surface area is 146 Å². The van der Waals surface area contributed by atoms with Gasteiger partial charge in [-0.25, -0.2) is 9.78 Å². The molecule has 9 heteroatoms. The molecule has 25 heavy (non-hydrogen) atoms. The van der Waals surface area contributed by atoms with Crippen molar-refractivity contribution in [3.8, 4) is 5.88 Å². The van der Waals surface area contributed by atoms with Gasteiger partial charge in [-0.15, -0.1) is 0 Å². The maximum Gasteiger partial charge on any atom is 0.421 e. The number of pyridine rings is 1. The molecule has 2 rings (SSSR count). The molecule has 1 aromatic heterocycles. The van der Waals surface area contributed by atoms with E-state index in [2.05, 4.69) is 4.98 Å². The van der Waals surface area contributed by atoms with Crippen LogP contribution in [0.2, 0.25) is 5.02 Å². The van der Waals surface area contributed by atoms with Crippen molar-refractivity contribution in [1.29, 1.82) is 0 Å². The van der Waals surface area contributed by atoms with Crippen LogP contribution in [-0.2, 0) is 22.3 Å². The van der Waals surface area contributed by atoms with Gasteiger partial charge in [0.1, 0.15) is 12.2 Å². The van der Waals surface area contributed by atoms with Crippen molar-refractivity contribution in [2.45, 2.75) is 18.9 Å². The first kappa shape index (κ1) is 19.0. The fourth-order valence-electron chi connectivity index (χ4n) is 2.17. The second kappa shape index (κ2) is 7.71. The minimum atomic E-state index is -4.69. The smallest absolute Gasteiger partial charge is 0.421 e. The molecule has 1 atom stereocenters. The zero-order valence-corrected chi connectivity index (χ0v) is 13.6. The lowest BCUT2D eigenvalue weighted by molar-refractivity contribution is -0.149. The summed E-state index contributed by atoms with van der Waals surface area (Å²) in [4.78, 5) is 14.8. The van der Waals surface area contributed by atoms with Crippen LogP contribution in [0.4, 0.5) is 13.2 Å². The third-order valence-corrected chi connectivity index (χ3v) is 3.49. The Morgan fingerprint density at radius 3 is 2.64 bits per heavy atom. The quantitative estimate of drug-likeness (QED) is 0.823. The molecule has 0 aliphatic carbocycles. The average molecular weight is 376 g/mol. The predicted molar refractivity (Wildman–Crippen MR) is 82.4 cm³/mol. The molecule has 0 radical (unpaired) electrons. The van der Waals surface area contributed by atoms with Gasteiger partial charge in [0.2, 0.25) is 5.88 Å². The van der Waals surface area contributed by atoms with E-state index in [0.717, 1.165) is 6.20 Å². The van der Waals surface area contributed by atoms with E-state index in [4.69, 9.17) is 21.1 Å². The van der Waals surface area contributed by atoms with Crippen molar-refractivity contribution < 1.29 is 32.5 Å². The Balaban J connectivity index is 2.31. The highest BCUT2D eigenvalue weighted by molar-refractivity contribution is 6.30. The first-order valence-electron chi connectivity index (χ1n) is 6.93. The topological polar surface area (TPSA) is 68.7 Å². The molecule has 1 heterocycles. The van der Waals surface area contributed by atoms with Crippen LogP contribution in [0.3, 0.4) is 0 Å². The summed E-state index contributed by atoms with van der Waals surface area (Å²) in [5, 5.41) is 9.00. The number of ether oxygens (including phenoxy) is 2. The maximum atomic E-state index is 13.0. The fraction of sp³-hybridized carbons (Fsp3) is 0.250. The summed E-state index contributed by atoms with van der Waals surface area (Å²) in [6, 6.07) is 6.95. The van der Waals surface area contributed by atoms with Crippen molar-refractivity contribution in [2.75, 3.05) is 7.11 Å². The van der Waals surface area contributed by atoms with Crippen LogP contribution in [0.25, 0.3) is 0 Å². The van der Waals surface area contributed by atoms with Gasteiger partial charge in [0.25, 0.3) is 0 Å². The van der Waals surface area contributed by atoms with E-state index in [0.29, 0.717) is 11.6 Å². The number of carboxylic acid groups (broad SMARTS) is 1. The van der Waals surface area contributed by atoms with E-state index < -0.39 is 29.7 Å². The lowest BCUT2D eigenvalue weighted by atomic mass is 10.0. The molecule has 0 aliphatic heterocycles. The maximum absolute atomic E-state index is 13.0. The molecule has 134 valence electrons. The molecule has 0 saturated carbocycles. The Kier molecular flexibility index (Phi) is 5.86. The minimum absolute atomic E-state index is 0.176. The number of hydrogen-bond acceptors (Lipinski definition) is 4. The molecular weight excluding hydrogens is 363 g/mol. The molecule has 0 aliphatic rings. The Morgan fingerprint density at radius 1 is 1.36 bits per heavy atom. The summed E-state index contributed by atoms with van der Waals surface area (Å²) < 4.78 is 49.2. The van der Waals surface area contributed by atoms with Crippen LogP contribution in [0.5, 0.6) is 5.88 Å². The van der Waals surface area contributed by atoms with E-state index >= 15 is 0 Å². The summed E-state index contributed by atoms with van der Waals surface area (Å²) in [5.74, 6) is -1.87. The van der Waals surface area contributed by atoms with Crippen molar-refractivity contribution in [2.24, 2.45) is 0 Å². The van der Waals surface area contributed by atoms with E-state index in [1.54, 1.807) is 12.1 Å². The second-order valence-corrected chi connectivity index (χ2v) is 5.38. The monoisotopic (exact) mass is 375 g/mol. The van der Waals surface area contributed by atoms with E-state index in [9.17, 15) is 23.1 Å². The standard InChI is InChI=1S/C16H13ClF3NO4/c1-24-13(15(22)23)11-5-3-2-4-9(11)8-25-14-12(16(18,19)20)6-10(17)7-21-14/h2-7,13H,8H2,1H3,(H,22,23). The zero-order valence-electron chi connectivity index (χ0n) is 12.9. The number of aliphatic carboxylic acids is 1. The van der Waals surface area contributed by atoms with Crippen LogP contribution in [-0.4, -0.2) is 23.2 Å². The molecule has 0 bridgehead atoms. The van der Waals surface area contributed by atoms with Gasteiger partial charge in [-0.3, -0.25) is 0 Å². The lowest BCUT2D eigenvalue weighted by Crippen LogP contribution is -2.16. The summed E-state index contributed by atoms with van der Waals surface area (Å²) in [6.45, 7) is -0.318. The highest BCUT2D eigenvalue weighted by Crippen LogP contribution is 2.36. The van der Waals surface area contributed by atoms with Crippen LogP contribution in [0, 0.1) is 0 Å². The predicted octanol–water partition coefficient (Wildman–Crippen LogP) is 4.10. The van der Waals surface area contributed by atoms with Gasteiger partial charge in [0.05, 0.1) is 5.02 Å². The number of alkyl halides is 3. The lowest BCUT2D eigenvalue weighted by Gasteiger charge is -2.17. The highest BCUT2D eigenvalue weighted by Gasteiger charge is 2.36. The summed E-state index contributed by atoms with van der Waals surface area (Å²) in [6.07, 6.45) is -4.92. The molecule has 0 spiro atoms. The van der Waals surface area contributed by atoms with Gasteiger partial charge in [-0.2, -0.15) is 13.2 Å². The molecular formula is C16H13ClF3NO4. The third kappa shape index (κ3) is 4.61. The minimum Gasteiger partial charge on any atom is -0.479 e. The number of carboxylic acids is 1. The molecule has 2 aromatic rings. The summed E-state index contributed by atoms with van der Waals surface area (Å²) in [5.41, 5.74) is -0.472. The first-order valence-corrected chi connectivity index (χ1v) is 7.30. The number of aromatic nitrogens is 1. The van der Waals surface area contributed by atoms with Gasteiger partial charge in [-0.05, 0) is 17.2 Å². The van der Waals surface area contributed by atoms with Crippen molar-refractivity contribution in [3.63, 3.8) is 0 Å². The van der Waals surface area contributed by atoms with Crippen LogP contribution in [0.1, 0.15) is 22.8 Å². The molecule has 5 nitrogen and oxygen atoms in total. The first-order chi connectivity index (χ1) is 11.7. The van der Waals surface area contributed by atoms with Gasteiger partial charge in [0, 0.05) is 13.3 Å². The molecule has 1 N–H and O–H groups in total. The Morgan fingerprint density at radius 2 is 2.04 bits per heavy atom. The fourth-order valence-corrected chi connectivity index (χ4v) is 2.33. The Bertz CT molecular complexity index is 767. The number of methoxy groups -OCH3 is 1. The van der Waals surface area contributed by atoms with E-state index in [-0.39, 0.29) is 17.2 Å². The number of carbonyl (C=O) groups is 1. The van der Waals surface area contributed by atoms with Crippen LogP contribution < -0.4 is 4.74 Å². The summed E-state index contributed by atoms with van der Waals surface area (Å²) >= 11 is 5.56. The molecule has 0 fully saturated rings. The SMILES string of the molecule is COC(C(=O)O)c1ccccc1COc1ncc(Cl)cc1C(F)(F)F. The highest BCUT2D eigenvalue weighted by atomic mass is 35.5. The van der Waals surface area contributed by atoms with E-state index in [1.165, 1.54) is 19.2 Å². The Hall–Kier alpha value is -2.32. The van der Waals surface area contributed by atoms with Gasteiger partial charge in [-0.1, -0.05) is 35.9 Å². The van der Waals surface area contributed by atoms with Gasteiger partial charge >= 0.3 is 12.1 Å². The van der Waals surface area contributed by atoms with Crippen LogP contribution >= 0.6 is 11.6 Å². The van der Waals surface area contributed by atoms with E-state index in [1.807, 2.05) is 0 Å². The molecule has 1 aromatic carbocycles. The normalized spacial score (nSPS) is 12.7. The number of benzene rings is 1. The van der Waals surface area contributed by atoms with Gasteiger partial charge in [0.15, 0.2) is 6.10 Å². The van der Waals surface area contributed by atoms with Crippen molar-refractivity contribution in [3.05, 3.63) is 58.2 Å². The van der Waals surface area contributed by atoms with Crippen molar-refractivity contribution >= 4 is 17.6 Å². The van der Waals surface area contributed by atoms with Crippen molar-refractivity contribution in [1.82, 2.24) is 4.98 Å². The molecule has 0 amide bonds.